The molecular formula is C22H24FN7O2. The number of hydrogen-bond donors (Lipinski definition) is 3. The lowest BCUT2D eigenvalue weighted by Gasteiger charge is -2.10. The predicted octanol–water partition coefficient (Wildman–Crippen LogP) is 2.92. The number of allylic oxidation sites excluding steroid dienone is 1. The summed E-state index contributed by atoms with van der Waals surface area (Å²) < 4.78 is 21.2. The van der Waals surface area contributed by atoms with Crippen LogP contribution in [-0.2, 0) is 9.53 Å². The lowest BCUT2D eigenvalue weighted by atomic mass is 10.2. The molecule has 2 heterocycles. The van der Waals surface area contributed by atoms with E-state index in [4.69, 9.17) is 10.5 Å². The van der Waals surface area contributed by atoms with Crippen LogP contribution in [0.1, 0.15) is 5.56 Å². The Hall–Kier alpha value is -4.05. The Morgan fingerprint density at radius 2 is 2.22 bits per heavy atom. The highest BCUT2D eigenvalue weighted by Gasteiger charge is 2.15. The maximum atomic E-state index is 14.7. The Kier molecular flexibility index (Phi) is 7.29. The van der Waals surface area contributed by atoms with Crippen molar-refractivity contribution in [2.45, 2.75) is 6.92 Å². The number of amides is 1. The van der Waals surface area contributed by atoms with E-state index >= 15 is 0 Å². The summed E-state index contributed by atoms with van der Waals surface area (Å²) >= 11 is 0. The van der Waals surface area contributed by atoms with Crippen LogP contribution in [0.3, 0.4) is 0 Å². The van der Waals surface area contributed by atoms with E-state index in [1.807, 2.05) is 13.0 Å². The Morgan fingerprint density at radius 3 is 2.94 bits per heavy atom. The summed E-state index contributed by atoms with van der Waals surface area (Å²) in [7, 11) is 1.59. The van der Waals surface area contributed by atoms with Crippen LogP contribution in [0.25, 0.3) is 16.7 Å². The number of carbonyl (C=O) groups is 1. The van der Waals surface area contributed by atoms with Crippen LogP contribution in [0.5, 0.6) is 0 Å². The van der Waals surface area contributed by atoms with Crippen LogP contribution < -0.4 is 16.4 Å². The van der Waals surface area contributed by atoms with Crippen molar-refractivity contribution in [3.05, 3.63) is 66.5 Å². The zero-order valence-corrected chi connectivity index (χ0v) is 17.8. The van der Waals surface area contributed by atoms with Crippen LogP contribution in [-0.4, -0.2) is 46.9 Å². The number of aliphatic imine (C=N–C) groups is 1. The van der Waals surface area contributed by atoms with Crippen molar-refractivity contribution in [1.29, 1.82) is 0 Å². The summed E-state index contributed by atoms with van der Waals surface area (Å²) in [5.74, 6) is -0.682. The molecule has 1 aromatic carbocycles. The Balaban J connectivity index is 1.93. The molecule has 2 aromatic heterocycles. The fraction of sp³-hybridized carbons (Fsp3) is 0.182. The monoisotopic (exact) mass is 437 g/mol. The number of nitrogens with zero attached hydrogens (tertiary/aromatic N) is 4. The standard InChI is InChI=1S/C22H24FN7O2/c1-4-20(31)27-15-5-6-19-17(9-15)14(2)13-30(19)21-18(23)12-26-22(29-21)28-16(10-24)11-25-7-8-32-3/h4-6,9-13H,1,7-8,24H2,2-3H3,(H,27,31)(H,26,28,29). The van der Waals surface area contributed by atoms with E-state index < -0.39 is 5.82 Å². The van der Waals surface area contributed by atoms with Gasteiger partial charge >= 0.3 is 0 Å². The molecule has 166 valence electrons. The van der Waals surface area contributed by atoms with Gasteiger partial charge in [-0.05, 0) is 36.8 Å². The first-order chi connectivity index (χ1) is 15.5. The number of hydrogen-bond acceptors (Lipinski definition) is 7. The molecule has 32 heavy (non-hydrogen) atoms. The normalized spacial score (nSPS) is 11.8. The molecule has 4 N–H and O–H groups in total. The van der Waals surface area contributed by atoms with Gasteiger partial charge < -0.3 is 21.1 Å². The number of benzene rings is 1. The van der Waals surface area contributed by atoms with Gasteiger partial charge in [0.1, 0.15) is 0 Å². The lowest BCUT2D eigenvalue weighted by molar-refractivity contribution is -0.111. The van der Waals surface area contributed by atoms with Crippen molar-refractivity contribution in [1.82, 2.24) is 14.5 Å². The third-order valence-electron chi connectivity index (χ3n) is 4.50. The minimum atomic E-state index is -0.594. The van der Waals surface area contributed by atoms with E-state index in [1.54, 1.807) is 30.0 Å². The second-order valence-corrected chi connectivity index (χ2v) is 6.75. The zero-order chi connectivity index (χ0) is 23.1. The zero-order valence-electron chi connectivity index (χ0n) is 17.8. The summed E-state index contributed by atoms with van der Waals surface area (Å²) in [6, 6.07) is 5.32. The van der Waals surface area contributed by atoms with Crippen molar-refractivity contribution in [3.8, 4) is 5.82 Å². The number of halogens is 1. The quantitative estimate of drug-likeness (QED) is 0.269. The first-order valence-electron chi connectivity index (χ1n) is 9.72. The number of aromatic nitrogens is 3. The topological polar surface area (TPSA) is 119 Å². The van der Waals surface area contributed by atoms with Gasteiger partial charge in [0.25, 0.3) is 0 Å². The Morgan fingerprint density at radius 1 is 1.41 bits per heavy atom. The molecule has 0 aliphatic rings. The lowest BCUT2D eigenvalue weighted by Crippen LogP contribution is -2.10. The maximum absolute atomic E-state index is 14.7. The minimum Gasteiger partial charge on any atom is -0.403 e. The fourth-order valence-corrected chi connectivity index (χ4v) is 2.98. The van der Waals surface area contributed by atoms with Gasteiger partial charge in [-0.15, -0.1) is 0 Å². The number of carbonyl (C=O) groups excluding carboxylic acids is 1. The van der Waals surface area contributed by atoms with E-state index in [2.05, 4.69) is 32.2 Å². The molecule has 0 saturated heterocycles. The number of methoxy groups -OCH3 is 1. The van der Waals surface area contributed by atoms with E-state index in [9.17, 15) is 9.18 Å². The average Bonchev–Trinajstić information content (AvgIpc) is 3.12. The smallest absolute Gasteiger partial charge is 0.247 e. The van der Waals surface area contributed by atoms with Gasteiger partial charge in [-0.1, -0.05) is 6.58 Å². The summed E-state index contributed by atoms with van der Waals surface area (Å²) in [5, 5.41) is 6.48. The van der Waals surface area contributed by atoms with Crippen LogP contribution in [0.15, 0.2) is 60.1 Å². The summed E-state index contributed by atoms with van der Waals surface area (Å²) in [5.41, 5.74) is 8.30. The van der Waals surface area contributed by atoms with Crippen molar-refractivity contribution in [2.75, 3.05) is 30.9 Å². The summed E-state index contributed by atoms with van der Waals surface area (Å²) in [6.45, 7) is 6.28. The van der Waals surface area contributed by atoms with Gasteiger partial charge in [0.05, 0.1) is 30.6 Å². The van der Waals surface area contributed by atoms with Crippen LogP contribution >= 0.6 is 0 Å². The third kappa shape index (κ3) is 5.16. The van der Waals surface area contributed by atoms with Gasteiger partial charge in [0.2, 0.25) is 11.9 Å². The molecule has 9 nitrogen and oxygen atoms in total. The van der Waals surface area contributed by atoms with Crippen molar-refractivity contribution >= 4 is 34.7 Å². The molecule has 0 atom stereocenters. The highest BCUT2D eigenvalue weighted by Crippen LogP contribution is 2.28. The van der Waals surface area contributed by atoms with E-state index in [-0.39, 0.29) is 17.7 Å². The van der Waals surface area contributed by atoms with Crippen molar-refractivity contribution in [2.24, 2.45) is 10.7 Å². The number of nitrogens with one attached hydrogen (secondary N) is 2. The second kappa shape index (κ2) is 10.3. The average molecular weight is 437 g/mol. The largest absolute Gasteiger partial charge is 0.403 e. The van der Waals surface area contributed by atoms with Crippen molar-refractivity contribution in [3.63, 3.8) is 0 Å². The maximum Gasteiger partial charge on any atom is 0.247 e. The number of anilines is 2. The van der Waals surface area contributed by atoms with Crippen molar-refractivity contribution < 1.29 is 13.9 Å². The van der Waals surface area contributed by atoms with Crippen LogP contribution in [0, 0.1) is 12.7 Å². The first kappa shape index (κ1) is 22.6. The van der Waals surface area contributed by atoms with E-state index in [1.165, 1.54) is 18.5 Å². The van der Waals surface area contributed by atoms with Gasteiger partial charge in [0.15, 0.2) is 11.6 Å². The number of aryl methyl sites for hydroxylation is 1. The first-order valence-corrected chi connectivity index (χ1v) is 9.72. The molecule has 0 saturated carbocycles. The van der Waals surface area contributed by atoms with E-state index in [0.29, 0.717) is 24.5 Å². The minimum absolute atomic E-state index is 0.0659. The van der Waals surface area contributed by atoms with Gasteiger partial charge in [0, 0.05) is 36.8 Å². The molecule has 3 aromatic rings. The molecule has 0 radical (unpaired) electrons. The molecule has 10 heteroatoms. The van der Waals surface area contributed by atoms with Gasteiger partial charge in [-0.2, -0.15) is 4.98 Å². The number of ether oxygens (including phenoxy) is 1. The number of rotatable bonds is 9. The van der Waals surface area contributed by atoms with Crippen LogP contribution in [0.2, 0.25) is 0 Å². The predicted molar refractivity (Wildman–Crippen MR) is 124 cm³/mol. The highest BCUT2D eigenvalue weighted by molar-refractivity contribution is 6.00. The Bertz CT molecular complexity index is 1200. The molecule has 3 rings (SSSR count). The Labute approximate surface area is 184 Å². The van der Waals surface area contributed by atoms with E-state index in [0.717, 1.165) is 22.7 Å². The van der Waals surface area contributed by atoms with Gasteiger partial charge in [-0.25, -0.2) is 9.37 Å². The molecule has 0 unspecified atom stereocenters. The third-order valence-corrected chi connectivity index (χ3v) is 4.50. The number of nitrogens with two attached hydrogens (primary N) is 1. The molecular weight excluding hydrogens is 413 g/mol. The summed E-state index contributed by atoms with van der Waals surface area (Å²) in [4.78, 5) is 24.1. The molecule has 1 amide bonds. The van der Waals surface area contributed by atoms with Gasteiger partial charge in [-0.3, -0.25) is 14.4 Å². The summed E-state index contributed by atoms with van der Waals surface area (Å²) in [6.07, 6.45) is 6.89. The molecule has 0 aliphatic carbocycles. The molecule has 0 aliphatic heterocycles. The van der Waals surface area contributed by atoms with Crippen LogP contribution in [0.4, 0.5) is 16.0 Å². The molecule has 0 fully saturated rings. The molecule has 0 spiro atoms. The molecule has 0 bridgehead atoms. The SMILES string of the molecule is C=CC(=O)Nc1ccc2c(c1)c(C)cn2-c1nc(NC(C=NCCOC)=CN)ncc1F. The second-order valence-electron chi connectivity index (χ2n) is 6.75. The number of fused-ring (bicyclic) bond motifs is 1. The fourth-order valence-electron chi connectivity index (χ4n) is 2.98. The highest BCUT2D eigenvalue weighted by atomic mass is 19.1.